The Morgan fingerprint density at radius 2 is 1.81 bits per heavy atom. The lowest BCUT2D eigenvalue weighted by Crippen LogP contribution is -2.33. The molecule has 1 aliphatic rings. The minimum absolute atomic E-state index is 0.0578. The smallest absolute Gasteiger partial charge is 0.355 e. The maximum Gasteiger partial charge on any atom is 0.355 e. The van der Waals surface area contributed by atoms with E-state index in [-0.39, 0.29) is 17.2 Å². The van der Waals surface area contributed by atoms with Crippen LogP contribution < -0.4 is 14.8 Å². The number of Topliss-reactive ketones (excluding diaryl/α,β-unsaturated/α-hetero) is 1. The molecular formula is C21H18BrN5O5. The summed E-state index contributed by atoms with van der Waals surface area (Å²) in [6.07, 6.45) is 0. The molecule has 0 unspecified atom stereocenters. The van der Waals surface area contributed by atoms with Gasteiger partial charge in [0.05, 0.1) is 26.9 Å². The van der Waals surface area contributed by atoms with Crippen molar-refractivity contribution in [1.29, 1.82) is 0 Å². The third-order valence-electron chi connectivity index (χ3n) is 4.99. The summed E-state index contributed by atoms with van der Waals surface area (Å²) in [5.74, 6) is 0.0362. The van der Waals surface area contributed by atoms with Gasteiger partial charge in [-0.15, -0.1) is 0 Å². The van der Waals surface area contributed by atoms with Crippen molar-refractivity contribution in [1.82, 2.24) is 20.2 Å². The number of fused-ring (bicyclic) bond motifs is 1. The van der Waals surface area contributed by atoms with Crippen LogP contribution in [-0.4, -0.2) is 53.3 Å². The molecule has 1 aliphatic heterocycles. The van der Waals surface area contributed by atoms with E-state index in [0.717, 1.165) is 4.47 Å². The lowest BCUT2D eigenvalue weighted by Gasteiger charge is -2.29. The number of esters is 1. The van der Waals surface area contributed by atoms with Crippen molar-refractivity contribution in [2.45, 2.75) is 6.04 Å². The maximum atomic E-state index is 13.7. The van der Waals surface area contributed by atoms with Crippen LogP contribution in [0.1, 0.15) is 22.0 Å². The van der Waals surface area contributed by atoms with Crippen molar-refractivity contribution in [2.24, 2.45) is 0 Å². The van der Waals surface area contributed by atoms with Gasteiger partial charge in [0.15, 0.2) is 5.78 Å². The first-order valence-corrected chi connectivity index (χ1v) is 10.2. The number of aromatic nitrogens is 4. The second-order valence-corrected chi connectivity index (χ2v) is 7.61. The largest absolute Gasteiger partial charge is 0.497 e. The van der Waals surface area contributed by atoms with Crippen LogP contribution >= 0.6 is 15.9 Å². The van der Waals surface area contributed by atoms with Gasteiger partial charge < -0.3 is 19.5 Å². The van der Waals surface area contributed by atoms with Crippen molar-refractivity contribution >= 4 is 33.6 Å². The summed E-state index contributed by atoms with van der Waals surface area (Å²) >= 11 is 3.37. The Bertz CT molecular complexity index is 1220. The van der Waals surface area contributed by atoms with E-state index in [4.69, 9.17) is 14.2 Å². The Hall–Kier alpha value is -3.73. The summed E-state index contributed by atoms with van der Waals surface area (Å²) < 4.78 is 18.1. The number of nitrogens with one attached hydrogen (secondary N) is 1. The third-order valence-corrected chi connectivity index (χ3v) is 5.52. The number of carbonyl (C=O) groups is 2. The zero-order valence-electron chi connectivity index (χ0n) is 17.3. The van der Waals surface area contributed by atoms with Gasteiger partial charge in [-0.1, -0.05) is 21.0 Å². The molecule has 2 heterocycles. The third kappa shape index (κ3) is 3.71. The number of halogens is 1. The summed E-state index contributed by atoms with van der Waals surface area (Å²) in [7, 11) is 4.27. The fourth-order valence-electron chi connectivity index (χ4n) is 3.49. The van der Waals surface area contributed by atoms with Crippen molar-refractivity contribution < 1.29 is 23.8 Å². The van der Waals surface area contributed by atoms with Crippen LogP contribution in [0.3, 0.4) is 0 Å². The molecule has 32 heavy (non-hydrogen) atoms. The minimum atomic E-state index is -0.892. The predicted octanol–water partition coefficient (Wildman–Crippen LogP) is 2.78. The van der Waals surface area contributed by atoms with Gasteiger partial charge in [0.2, 0.25) is 5.95 Å². The second kappa shape index (κ2) is 8.79. The normalized spacial score (nSPS) is 14.9. The summed E-state index contributed by atoms with van der Waals surface area (Å²) in [5, 5.41) is 14.5. The molecule has 0 saturated carbocycles. The molecule has 0 fully saturated rings. The average Bonchev–Trinajstić information content (AvgIpc) is 3.30. The van der Waals surface area contributed by atoms with Gasteiger partial charge in [0.25, 0.3) is 0 Å². The molecule has 1 aromatic heterocycles. The quantitative estimate of drug-likeness (QED) is 0.403. The van der Waals surface area contributed by atoms with Gasteiger partial charge in [-0.2, -0.15) is 4.68 Å². The molecule has 0 spiro atoms. The fraction of sp³-hybridized carbons (Fsp3) is 0.190. The van der Waals surface area contributed by atoms with Crippen LogP contribution in [0.25, 0.3) is 0 Å². The summed E-state index contributed by atoms with van der Waals surface area (Å²) in [4.78, 5) is 26.5. The number of anilines is 1. The highest BCUT2D eigenvalue weighted by Crippen LogP contribution is 2.41. The van der Waals surface area contributed by atoms with Gasteiger partial charge in [-0.3, -0.25) is 4.79 Å². The second-order valence-electron chi connectivity index (χ2n) is 6.70. The minimum Gasteiger partial charge on any atom is -0.497 e. The maximum absolute atomic E-state index is 13.7. The van der Waals surface area contributed by atoms with Gasteiger partial charge in [-0.05, 0) is 52.9 Å². The molecule has 1 atom stereocenters. The Balaban J connectivity index is 2.00. The number of rotatable bonds is 6. The van der Waals surface area contributed by atoms with Crippen LogP contribution in [0.4, 0.5) is 5.95 Å². The fourth-order valence-corrected chi connectivity index (χ4v) is 3.75. The number of methoxy groups -OCH3 is 3. The Labute approximate surface area is 191 Å². The zero-order valence-corrected chi connectivity index (χ0v) is 18.9. The Kier molecular flexibility index (Phi) is 5.91. The first-order valence-electron chi connectivity index (χ1n) is 9.38. The van der Waals surface area contributed by atoms with Gasteiger partial charge in [0.1, 0.15) is 23.2 Å². The van der Waals surface area contributed by atoms with E-state index in [1.807, 2.05) is 0 Å². The van der Waals surface area contributed by atoms with Crippen LogP contribution in [-0.2, 0) is 9.53 Å². The van der Waals surface area contributed by atoms with E-state index < -0.39 is 17.8 Å². The van der Waals surface area contributed by atoms with Crippen molar-refractivity contribution in [3.63, 3.8) is 0 Å². The molecule has 0 saturated heterocycles. The number of ketones is 1. The topological polar surface area (TPSA) is 117 Å². The first-order chi connectivity index (χ1) is 15.5. The molecule has 0 radical (unpaired) electrons. The van der Waals surface area contributed by atoms with Gasteiger partial charge in [-0.25, -0.2) is 4.79 Å². The molecular weight excluding hydrogens is 482 g/mol. The summed E-state index contributed by atoms with van der Waals surface area (Å²) in [5.41, 5.74) is 0.946. The van der Waals surface area contributed by atoms with Crippen molar-refractivity contribution in [3.8, 4) is 11.5 Å². The average molecular weight is 500 g/mol. The number of hydrogen-bond donors (Lipinski definition) is 1. The number of ether oxygens (including phenoxy) is 3. The van der Waals surface area contributed by atoms with Crippen molar-refractivity contribution in [3.05, 3.63) is 69.3 Å². The van der Waals surface area contributed by atoms with Crippen LogP contribution in [0.5, 0.6) is 11.5 Å². The number of tetrazole rings is 1. The molecule has 164 valence electrons. The number of carbonyl (C=O) groups excluding carboxylic acids is 2. The zero-order chi connectivity index (χ0) is 22.8. The molecule has 3 aromatic rings. The van der Waals surface area contributed by atoms with E-state index in [2.05, 4.69) is 36.8 Å². The highest BCUT2D eigenvalue weighted by molar-refractivity contribution is 9.10. The molecule has 0 amide bonds. The van der Waals surface area contributed by atoms with E-state index in [9.17, 15) is 9.59 Å². The Morgan fingerprint density at radius 1 is 1.06 bits per heavy atom. The molecule has 0 aliphatic carbocycles. The summed E-state index contributed by atoms with van der Waals surface area (Å²) in [6.45, 7) is 0. The summed E-state index contributed by atoms with van der Waals surface area (Å²) in [6, 6.07) is 11.1. The Morgan fingerprint density at radius 3 is 2.47 bits per heavy atom. The predicted molar refractivity (Wildman–Crippen MR) is 117 cm³/mol. The SMILES string of the molecule is COC(=O)C1=C(C(=O)c2ccc(Br)cc2)[C@@H](c2cc(OC)ccc2OC)n2nnnc2N1. The lowest BCUT2D eigenvalue weighted by atomic mass is 9.89. The highest BCUT2D eigenvalue weighted by Gasteiger charge is 2.40. The van der Waals surface area contributed by atoms with E-state index in [1.54, 1.807) is 42.5 Å². The number of hydrogen-bond acceptors (Lipinski definition) is 9. The van der Waals surface area contributed by atoms with E-state index in [1.165, 1.54) is 26.0 Å². The van der Waals surface area contributed by atoms with Gasteiger partial charge in [0, 0.05) is 15.6 Å². The molecule has 2 aromatic carbocycles. The van der Waals surface area contributed by atoms with Crippen LogP contribution in [0, 0.1) is 0 Å². The molecule has 10 nitrogen and oxygen atoms in total. The van der Waals surface area contributed by atoms with Crippen LogP contribution in [0.2, 0.25) is 0 Å². The van der Waals surface area contributed by atoms with Gasteiger partial charge >= 0.3 is 5.97 Å². The lowest BCUT2D eigenvalue weighted by molar-refractivity contribution is -0.136. The highest BCUT2D eigenvalue weighted by atomic mass is 79.9. The monoisotopic (exact) mass is 499 g/mol. The van der Waals surface area contributed by atoms with E-state index >= 15 is 0 Å². The number of allylic oxidation sites excluding steroid dienone is 1. The van der Waals surface area contributed by atoms with E-state index in [0.29, 0.717) is 22.6 Å². The van der Waals surface area contributed by atoms with Crippen molar-refractivity contribution in [2.75, 3.05) is 26.6 Å². The molecule has 1 N–H and O–H groups in total. The standard InChI is InChI=1S/C21H18BrN5O5/c1-30-13-8-9-15(31-2)14(10-13)18-16(19(28)11-4-6-12(22)7-5-11)17(20(29)32-3)23-21-24-25-26-27(18)21/h4-10,18H,1-3H3,(H,23,24,26)/t18-/m1/s1. The molecule has 0 bridgehead atoms. The molecule has 4 rings (SSSR count). The number of nitrogens with zero attached hydrogens (tertiary/aromatic N) is 4. The molecule has 11 heteroatoms. The number of benzene rings is 2. The van der Waals surface area contributed by atoms with Crippen LogP contribution in [0.15, 0.2) is 58.2 Å². The first kappa shape index (κ1) is 21.5.